The minimum absolute atomic E-state index is 0.574. The van der Waals surface area contributed by atoms with Crippen LogP contribution in [0.5, 0.6) is 0 Å². The zero-order valence-electron chi connectivity index (χ0n) is 11.0. The van der Waals surface area contributed by atoms with E-state index < -0.39 is 0 Å². The van der Waals surface area contributed by atoms with E-state index in [-0.39, 0.29) is 0 Å². The van der Waals surface area contributed by atoms with Crippen LogP contribution in [0.2, 0.25) is 0 Å². The molecule has 0 fully saturated rings. The van der Waals surface area contributed by atoms with Crippen LogP contribution in [0.3, 0.4) is 0 Å². The van der Waals surface area contributed by atoms with Gasteiger partial charge in [-0.15, -0.1) is 0 Å². The van der Waals surface area contributed by atoms with Crippen LogP contribution in [-0.4, -0.2) is 23.1 Å². The van der Waals surface area contributed by atoms with E-state index in [4.69, 9.17) is 0 Å². The van der Waals surface area contributed by atoms with Crippen molar-refractivity contribution in [3.63, 3.8) is 0 Å². The molecule has 0 saturated heterocycles. The van der Waals surface area contributed by atoms with Crippen LogP contribution < -0.4 is 0 Å². The number of aromatic nitrogens is 1. The van der Waals surface area contributed by atoms with E-state index in [0.717, 1.165) is 6.42 Å². The second-order valence-electron chi connectivity index (χ2n) is 5.54. The van der Waals surface area contributed by atoms with Crippen molar-refractivity contribution >= 4 is 16.6 Å². The molecule has 2 aromatic rings. The predicted molar refractivity (Wildman–Crippen MR) is 75.6 cm³/mol. The quantitative estimate of drug-likeness (QED) is 0.682. The first-order chi connectivity index (χ1) is 8.77. The van der Waals surface area contributed by atoms with Gasteiger partial charge < -0.3 is 4.57 Å². The Hall–Kier alpha value is -1.54. The summed E-state index contributed by atoms with van der Waals surface area (Å²) in [6, 6.07) is 9.43. The third-order valence-corrected chi connectivity index (χ3v) is 4.57. The highest BCUT2D eigenvalue weighted by Gasteiger charge is 2.32. The maximum Gasteiger partial charge on any atom is 0.0540 e. The summed E-state index contributed by atoms with van der Waals surface area (Å²) in [5, 5.41) is 1.46. The SMILES string of the molecule is CC1=CCC2c3c(c4ccccc4n31)CCN2C. The average molecular weight is 238 g/mol. The maximum absolute atomic E-state index is 2.50. The molecule has 2 aliphatic heterocycles. The van der Waals surface area contributed by atoms with Gasteiger partial charge in [-0.3, -0.25) is 4.90 Å². The lowest BCUT2D eigenvalue weighted by Crippen LogP contribution is -2.34. The summed E-state index contributed by atoms with van der Waals surface area (Å²) in [5.41, 5.74) is 5.90. The monoisotopic (exact) mass is 238 g/mol. The number of fused-ring (bicyclic) bond motifs is 3. The third-order valence-electron chi connectivity index (χ3n) is 4.57. The van der Waals surface area contributed by atoms with Crippen molar-refractivity contribution in [2.45, 2.75) is 25.8 Å². The Labute approximate surface area is 108 Å². The summed E-state index contributed by atoms with van der Waals surface area (Å²) in [4.78, 5) is 2.50. The normalized spacial score (nSPS) is 23.0. The van der Waals surface area contributed by atoms with Gasteiger partial charge in [0.2, 0.25) is 0 Å². The molecule has 1 aromatic heterocycles. The van der Waals surface area contributed by atoms with Crippen molar-refractivity contribution in [2.75, 3.05) is 13.6 Å². The Morgan fingerprint density at radius 2 is 2.06 bits per heavy atom. The lowest BCUT2D eigenvalue weighted by atomic mass is 9.94. The number of hydrogen-bond acceptors (Lipinski definition) is 1. The highest BCUT2D eigenvalue weighted by Crippen LogP contribution is 2.42. The molecule has 0 amide bonds. The van der Waals surface area contributed by atoms with E-state index in [0.29, 0.717) is 6.04 Å². The Morgan fingerprint density at radius 3 is 2.94 bits per heavy atom. The Kier molecular flexibility index (Phi) is 2.01. The fourth-order valence-corrected chi connectivity index (χ4v) is 3.64. The zero-order valence-corrected chi connectivity index (χ0v) is 11.0. The highest BCUT2D eigenvalue weighted by atomic mass is 15.2. The van der Waals surface area contributed by atoms with Gasteiger partial charge in [-0.2, -0.15) is 0 Å². The number of rotatable bonds is 0. The molecule has 0 aliphatic carbocycles. The average Bonchev–Trinajstić information content (AvgIpc) is 2.72. The second kappa shape index (κ2) is 3.48. The fourth-order valence-electron chi connectivity index (χ4n) is 3.64. The van der Waals surface area contributed by atoms with Gasteiger partial charge >= 0.3 is 0 Å². The first-order valence-electron chi connectivity index (χ1n) is 6.77. The van der Waals surface area contributed by atoms with Crippen LogP contribution in [0.1, 0.15) is 30.6 Å². The predicted octanol–water partition coefficient (Wildman–Crippen LogP) is 3.43. The van der Waals surface area contributed by atoms with Crippen LogP contribution in [0.15, 0.2) is 30.3 Å². The van der Waals surface area contributed by atoms with Gasteiger partial charge in [0.05, 0.1) is 11.6 Å². The summed E-state index contributed by atoms with van der Waals surface area (Å²) >= 11 is 0. The van der Waals surface area contributed by atoms with E-state index in [1.807, 2.05) is 0 Å². The van der Waals surface area contributed by atoms with Gasteiger partial charge in [0.25, 0.3) is 0 Å². The van der Waals surface area contributed by atoms with Gasteiger partial charge in [0, 0.05) is 23.3 Å². The Balaban J connectivity index is 2.14. The van der Waals surface area contributed by atoms with E-state index >= 15 is 0 Å². The molecule has 2 aliphatic rings. The van der Waals surface area contributed by atoms with E-state index in [9.17, 15) is 0 Å². The van der Waals surface area contributed by atoms with Crippen LogP contribution in [0.4, 0.5) is 0 Å². The third kappa shape index (κ3) is 1.16. The molecule has 2 nitrogen and oxygen atoms in total. The van der Waals surface area contributed by atoms with Crippen molar-refractivity contribution < 1.29 is 0 Å². The molecule has 1 aromatic carbocycles. The molecule has 0 radical (unpaired) electrons. The van der Waals surface area contributed by atoms with Crippen LogP contribution >= 0.6 is 0 Å². The molecule has 0 N–H and O–H groups in total. The minimum atomic E-state index is 0.574. The maximum atomic E-state index is 2.50. The number of likely N-dealkylation sites (N-methyl/N-ethyl adjacent to an activating group) is 1. The number of benzene rings is 1. The van der Waals surface area contributed by atoms with Crippen LogP contribution in [-0.2, 0) is 6.42 Å². The van der Waals surface area contributed by atoms with Gasteiger partial charge in [-0.25, -0.2) is 0 Å². The van der Waals surface area contributed by atoms with Gasteiger partial charge in [-0.05, 0) is 38.4 Å². The van der Waals surface area contributed by atoms with Gasteiger partial charge in [-0.1, -0.05) is 24.3 Å². The molecular weight excluding hydrogens is 220 g/mol. The molecule has 1 atom stereocenters. The summed E-state index contributed by atoms with van der Waals surface area (Å²) in [5.74, 6) is 0. The number of nitrogens with zero attached hydrogens (tertiary/aromatic N) is 2. The standard InChI is InChI=1S/C16H18N2/c1-11-7-8-15-16-13(9-10-17(15)2)12-5-3-4-6-14(12)18(11)16/h3-7,15H,8-10H2,1-2H3. The highest BCUT2D eigenvalue weighted by molar-refractivity contribution is 5.89. The first kappa shape index (κ1) is 10.4. The summed E-state index contributed by atoms with van der Waals surface area (Å²) < 4.78 is 2.48. The van der Waals surface area contributed by atoms with Crippen molar-refractivity contribution in [1.29, 1.82) is 0 Å². The lowest BCUT2D eigenvalue weighted by molar-refractivity contribution is 0.223. The summed E-state index contributed by atoms with van der Waals surface area (Å²) in [6.07, 6.45) is 4.73. The molecule has 0 spiro atoms. The van der Waals surface area contributed by atoms with Crippen molar-refractivity contribution in [1.82, 2.24) is 9.47 Å². The van der Waals surface area contributed by atoms with Gasteiger partial charge in [0.1, 0.15) is 0 Å². The van der Waals surface area contributed by atoms with Crippen LogP contribution in [0, 0.1) is 0 Å². The molecule has 0 bridgehead atoms. The second-order valence-corrected chi connectivity index (χ2v) is 5.54. The molecule has 92 valence electrons. The number of hydrogen-bond donors (Lipinski definition) is 0. The van der Waals surface area contributed by atoms with Crippen LogP contribution in [0.25, 0.3) is 16.6 Å². The lowest BCUT2D eigenvalue weighted by Gasteiger charge is -2.36. The molecule has 4 rings (SSSR count). The topological polar surface area (TPSA) is 8.17 Å². The summed E-state index contributed by atoms with van der Waals surface area (Å²) in [6.45, 7) is 3.41. The summed E-state index contributed by atoms with van der Waals surface area (Å²) in [7, 11) is 2.25. The fraction of sp³-hybridized carbons (Fsp3) is 0.375. The first-order valence-corrected chi connectivity index (χ1v) is 6.77. The smallest absolute Gasteiger partial charge is 0.0540 e. The number of para-hydroxylation sites is 1. The van der Waals surface area contributed by atoms with Crippen molar-refractivity contribution in [2.24, 2.45) is 0 Å². The van der Waals surface area contributed by atoms with Crippen molar-refractivity contribution in [3.05, 3.63) is 41.6 Å². The molecule has 18 heavy (non-hydrogen) atoms. The largest absolute Gasteiger partial charge is 0.316 e. The van der Waals surface area contributed by atoms with Crippen molar-refractivity contribution in [3.8, 4) is 0 Å². The minimum Gasteiger partial charge on any atom is -0.316 e. The van der Waals surface area contributed by atoms with E-state index in [1.165, 1.54) is 29.6 Å². The molecule has 3 heterocycles. The zero-order chi connectivity index (χ0) is 12.3. The Bertz CT molecular complexity index is 663. The van der Waals surface area contributed by atoms with Gasteiger partial charge in [0.15, 0.2) is 0 Å². The Morgan fingerprint density at radius 1 is 1.22 bits per heavy atom. The van der Waals surface area contributed by atoms with E-state index in [1.54, 1.807) is 11.3 Å². The molecular formula is C16H18N2. The van der Waals surface area contributed by atoms with E-state index in [2.05, 4.69) is 53.8 Å². The molecule has 1 unspecified atom stereocenters. The number of allylic oxidation sites excluding steroid dienone is 1. The molecule has 0 saturated carbocycles. The molecule has 2 heteroatoms.